The molecule has 1 aliphatic rings. The molecular weight excluding hydrogens is 377 g/mol. The zero-order valence-corrected chi connectivity index (χ0v) is 14.9. The number of benzene rings is 2. The van der Waals surface area contributed by atoms with Crippen molar-refractivity contribution < 1.29 is 18.7 Å². The van der Waals surface area contributed by atoms with Crippen LogP contribution in [0.5, 0.6) is 11.5 Å². The molecule has 0 bridgehead atoms. The van der Waals surface area contributed by atoms with Gasteiger partial charge in [0, 0.05) is 5.56 Å². The number of nitrogens with zero attached hydrogens (tertiary/aromatic N) is 2. The van der Waals surface area contributed by atoms with Crippen molar-refractivity contribution in [2.24, 2.45) is 0 Å². The second-order valence-corrected chi connectivity index (χ2v) is 7.46. The van der Waals surface area contributed by atoms with E-state index >= 15 is 0 Å². The third-order valence-corrected chi connectivity index (χ3v) is 5.52. The molecule has 4 rings (SSSR count). The third kappa shape index (κ3) is 3.63. The summed E-state index contributed by atoms with van der Waals surface area (Å²) in [5.41, 5.74) is 0.882. The zero-order chi connectivity index (χ0) is 17.9. The van der Waals surface area contributed by atoms with Crippen molar-refractivity contribution in [1.29, 1.82) is 0 Å². The van der Waals surface area contributed by atoms with Crippen molar-refractivity contribution in [3.8, 4) is 11.5 Å². The predicted molar refractivity (Wildman–Crippen MR) is 97.2 cm³/mol. The first kappa shape index (κ1) is 16.8. The monoisotopic (exact) mass is 389 g/mol. The van der Waals surface area contributed by atoms with Crippen LogP contribution in [0.25, 0.3) is 0 Å². The molecular formula is C17H12FN3O3S2. The fraction of sp³-hybridized carbons (Fsp3) is 0.118. The first-order valence-corrected chi connectivity index (χ1v) is 9.40. The highest BCUT2D eigenvalue weighted by Gasteiger charge is 2.17. The first-order chi connectivity index (χ1) is 12.7. The minimum absolute atomic E-state index is 0.0490. The van der Waals surface area contributed by atoms with Gasteiger partial charge in [-0.25, -0.2) is 4.39 Å². The Bertz CT molecular complexity index is 964. The number of carbonyl (C=O) groups is 1. The van der Waals surface area contributed by atoms with Crippen LogP contribution < -0.4 is 14.8 Å². The number of nitrogens with one attached hydrogen (secondary N) is 1. The summed E-state index contributed by atoms with van der Waals surface area (Å²) in [6, 6.07) is 11.4. The van der Waals surface area contributed by atoms with Crippen LogP contribution in [0.1, 0.15) is 10.4 Å². The molecule has 0 spiro atoms. The Labute approximate surface area is 156 Å². The van der Waals surface area contributed by atoms with Crippen LogP contribution in [0.15, 0.2) is 46.8 Å². The quantitative estimate of drug-likeness (QED) is 0.502. The Balaban J connectivity index is 1.37. The molecule has 0 radical (unpaired) electrons. The Kier molecular flexibility index (Phi) is 4.72. The highest BCUT2D eigenvalue weighted by Crippen LogP contribution is 2.33. The molecule has 1 aliphatic heterocycles. The second kappa shape index (κ2) is 7.30. The largest absolute Gasteiger partial charge is 0.454 e. The molecule has 1 aromatic heterocycles. The van der Waals surface area contributed by atoms with Crippen molar-refractivity contribution >= 4 is 39.7 Å². The van der Waals surface area contributed by atoms with Gasteiger partial charge < -0.3 is 14.8 Å². The Hall–Kier alpha value is -2.65. The molecule has 0 saturated heterocycles. The molecule has 0 fully saturated rings. The molecule has 2 aromatic carbocycles. The van der Waals surface area contributed by atoms with E-state index in [-0.39, 0.29) is 24.1 Å². The number of fused-ring (bicyclic) bond motifs is 1. The maximum absolute atomic E-state index is 13.6. The van der Waals surface area contributed by atoms with E-state index in [0.717, 1.165) is 0 Å². The molecule has 6 nitrogen and oxygen atoms in total. The number of rotatable bonds is 6. The molecule has 0 aliphatic carbocycles. The number of anilines is 2. The topological polar surface area (TPSA) is 73.3 Å². The van der Waals surface area contributed by atoms with Gasteiger partial charge in [0.2, 0.25) is 11.9 Å². The number of para-hydroxylation sites is 1. The van der Waals surface area contributed by atoms with Gasteiger partial charge >= 0.3 is 0 Å². The predicted octanol–water partition coefficient (Wildman–Crippen LogP) is 4.12. The van der Waals surface area contributed by atoms with Gasteiger partial charge in [0.05, 0.1) is 11.4 Å². The molecule has 3 aromatic rings. The summed E-state index contributed by atoms with van der Waals surface area (Å²) >= 11 is 2.54. The molecule has 9 heteroatoms. The number of ether oxygens (including phenoxy) is 2. The lowest BCUT2D eigenvalue weighted by Crippen LogP contribution is -2.02. The van der Waals surface area contributed by atoms with Gasteiger partial charge in [-0.1, -0.05) is 35.2 Å². The van der Waals surface area contributed by atoms with E-state index in [0.29, 0.717) is 32.2 Å². The summed E-state index contributed by atoms with van der Waals surface area (Å²) in [6.45, 7) is 0.171. The number of aromatic nitrogens is 2. The van der Waals surface area contributed by atoms with Crippen molar-refractivity contribution in [2.75, 3.05) is 17.9 Å². The maximum Gasteiger partial charge on any atom is 0.231 e. The van der Waals surface area contributed by atoms with Crippen LogP contribution in [-0.4, -0.2) is 28.5 Å². The van der Waals surface area contributed by atoms with Crippen molar-refractivity contribution in [3.05, 3.63) is 53.8 Å². The normalized spacial score (nSPS) is 12.2. The van der Waals surface area contributed by atoms with E-state index in [4.69, 9.17) is 9.47 Å². The molecule has 0 atom stereocenters. The number of hydrogen-bond acceptors (Lipinski definition) is 8. The third-order valence-electron chi connectivity index (χ3n) is 3.54. The average molecular weight is 389 g/mol. The van der Waals surface area contributed by atoms with Gasteiger partial charge in [-0.3, -0.25) is 4.79 Å². The van der Waals surface area contributed by atoms with E-state index in [1.807, 2.05) is 0 Å². The molecule has 1 N–H and O–H groups in total. The number of hydrogen-bond donors (Lipinski definition) is 1. The van der Waals surface area contributed by atoms with Crippen molar-refractivity contribution in [1.82, 2.24) is 10.2 Å². The highest BCUT2D eigenvalue weighted by molar-refractivity contribution is 8.01. The first-order valence-electron chi connectivity index (χ1n) is 7.60. The fourth-order valence-corrected chi connectivity index (χ4v) is 3.94. The summed E-state index contributed by atoms with van der Waals surface area (Å²) in [4.78, 5) is 12.3. The lowest BCUT2D eigenvalue weighted by atomic mass is 10.1. The minimum atomic E-state index is -0.366. The Morgan fingerprint density at radius 3 is 2.92 bits per heavy atom. The van der Waals surface area contributed by atoms with Crippen LogP contribution in [0, 0.1) is 5.82 Å². The zero-order valence-electron chi connectivity index (χ0n) is 13.3. The second-order valence-electron chi connectivity index (χ2n) is 5.26. The number of carbonyl (C=O) groups excluding carboxylic acids is 1. The summed E-state index contributed by atoms with van der Waals surface area (Å²) < 4.78 is 24.8. The van der Waals surface area contributed by atoms with Gasteiger partial charge in [0.1, 0.15) is 5.82 Å². The molecule has 132 valence electrons. The Morgan fingerprint density at radius 2 is 2.04 bits per heavy atom. The molecule has 0 saturated carbocycles. The van der Waals surface area contributed by atoms with Crippen LogP contribution in [0.3, 0.4) is 0 Å². The maximum atomic E-state index is 13.6. The molecule has 0 amide bonds. The number of thioether (sulfide) groups is 1. The van der Waals surface area contributed by atoms with Gasteiger partial charge in [0.25, 0.3) is 0 Å². The summed E-state index contributed by atoms with van der Waals surface area (Å²) in [5, 5.41) is 11.3. The van der Waals surface area contributed by atoms with E-state index < -0.39 is 0 Å². The summed E-state index contributed by atoms with van der Waals surface area (Å²) in [6.07, 6.45) is 0. The summed E-state index contributed by atoms with van der Waals surface area (Å²) in [5.74, 6) is 1.02. The van der Waals surface area contributed by atoms with Crippen molar-refractivity contribution in [3.63, 3.8) is 0 Å². The van der Waals surface area contributed by atoms with Crippen LogP contribution in [0.2, 0.25) is 0 Å². The van der Waals surface area contributed by atoms with Crippen LogP contribution >= 0.6 is 23.1 Å². The minimum Gasteiger partial charge on any atom is -0.454 e. The van der Waals surface area contributed by atoms with Gasteiger partial charge in [-0.05, 0) is 30.3 Å². The smallest absolute Gasteiger partial charge is 0.231 e. The number of Topliss-reactive ketones (excluding diaryl/α,β-unsaturated/α-hetero) is 1. The van der Waals surface area contributed by atoms with E-state index in [1.165, 1.54) is 29.2 Å². The lowest BCUT2D eigenvalue weighted by molar-refractivity contribution is 0.102. The fourth-order valence-electron chi connectivity index (χ4n) is 2.28. The van der Waals surface area contributed by atoms with E-state index in [9.17, 15) is 9.18 Å². The molecule has 0 unspecified atom stereocenters. The van der Waals surface area contributed by atoms with Crippen molar-refractivity contribution in [2.45, 2.75) is 4.34 Å². The van der Waals surface area contributed by atoms with E-state index in [1.54, 1.807) is 36.4 Å². The van der Waals surface area contributed by atoms with Gasteiger partial charge in [-0.15, -0.1) is 10.2 Å². The molecule has 26 heavy (non-hydrogen) atoms. The SMILES string of the molecule is O=C(CSc1nnc(Nc2ccccc2F)s1)c1ccc2c(c1)OCO2. The van der Waals surface area contributed by atoms with Crippen LogP contribution in [-0.2, 0) is 0 Å². The molecule has 2 heterocycles. The number of halogens is 1. The van der Waals surface area contributed by atoms with E-state index in [2.05, 4.69) is 15.5 Å². The lowest BCUT2D eigenvalue weighted by Gasteiger charge is -2.02. The average Bonchev–Trinajstić information content (AvgIpc) is 3.30. The highest BCUT2D eigenvalue weighted by atomic mass is 32.2. The summed E-state index contributed by atoms with van der Waals surface area (Å²) in [7, 11) is 0. The van der Waals surface area contributed by atoms with Crippen LogP contribution in [0.4, 0.5) is 15.2 Å². The standard InChI is InChI=1S/C17H12FN3O3S2/c18-11-3-1-2-4-12(11)19-16-20-21-17(26-16)25-8-13(22)10-5-6-14-15(7-10)24-9-23-14/h1-7H,8-9H2,(H,19,20). The Morgan fingerprint density at radius 1 is 1.19 bits per heavy atom. The van der Waals surface area contributed by atoms with Gasteiger partial charge in [0.15, 0.2) is 21.6 Å². The number of ketones is 1. The van der Waals surface area contributed by atoms with Gasteiger partial charge in [-0.2, -0.15) is 0 Å².